The SMILES string of the molecule is CC1CC(N(CCCCS(=O)(=O)[O-])CCCCS(=O)(=O)[O-])CCC1N=Nc1c(C#N)c(C(C)(C)C)nn1C1C(Cl)CC(S(=O)(=O)[O-])CC1Cl.[K+].[K+].[K+]. The molecular weight excluding hydrogens is 861 g/mol. The van der Waals surface area contributed by atoms with Crippen molar-refractivity contribution in [2.45, 2.75) is 125 Å². The van der Waals surface area contributed by atoms with Gasteiger partial charge in [-0.25, -0.2) is 29.9 Å². The quantitative estimate of drug-likeness (QED) is 0.0530. The second kappa shape index (κ2) is 24.1. The Morgan fingerprint density at radius 2 is 1.38 bits per heavy atom. The fourth-order valence-corrected chi connectivity index (χ4v) is 9.93. The molecule has 23 heteroatoms. The van der Waals surface area contributed by atoms with Gasteiger partial charge in [0.15, 0.2) is 5.82 Å². The van der Waals surface area contributed by atoms with E-state index in [1.165, 1.54) is 4.68 Å². The van der Waals surface area contributed by atoms with Crippen LogP contribution in [-0.2, 0) is 35.8 Å². The van der Waals surface area contributed by atoms with E-state index < -0.39 is 69.3 Å². The average Bonchev–Trinajstić information content (AvgIpc) is 3.32. The maximum absolute atomic E-state index is 11.8. The van der Waals surface area contributed by atoms with Crippen molar-refractivity contribution < 1.29 is 193 Å². The molecule has 2 aliphatic carbocycles. The van der Waals surface area contributed by atoms with Crippen LogP contribution in [-0.4, -0.2) is 106 Å². The molecule has 2 fully saturated rings. The van der Waals surface area contributed by atoms with Gasteiger partial charge in [-0.2, -0.15) is 15.5 Å². The Kier molecular flexibility index (Phi) is 25.7. The Balaban J connectivity index is 0.00000867. The summed E-state index contributed by atoms with van der Waals surface area (Å²) in [4.78, 5) is 2.15. The molecular formula is C29H45Cl2K3N6O9S3. The topological polar surface area (TPSA) is 241 Å². The van der Waals surface area contributed by atoms with Gasteiger partial charge in [0.1, 0.15) is 11.6 Å². The molecule has 0 spiro atoms. The smallest absolute Gasteiger partial charge is 0.748 e. The standard InChI is InChI=1S/C29H48Cl2N6O9S3.3K/c1-19-15-20(36(11-5-7-13-47(38,39)40)12-6-8-14-48(41,42)43)9-10-25(19)33-34-28-22(18-32)27(29(2,3)4)35-37(28)26-23(30)16-21(17-24(26)31)49(44,45)46;;;/h19-21,23-26H,5-17H2,1-4H3,(H,38,39,40)(H,41,42,43)(H,44,45,46);;;/q;3*+1/p-3. The molecule has 1 heterocycles. The van der Waals surface area contributed by atoms with Crippen molar-refractivity contribution in [2.24, 2.45) is 16.1 Å². The molecule has 5 atom stereocenters. The zero-order valence-corrected chi connectivity index (χ0v) is 44.4. The fraction of sp³-hybridized carbons (Fsp3) is 0.862. The molecule has 0 saturated heterocycles. The van der Waals surface area contributed by atoms with E-state index in [-0.39, 0.29) is 209 Å². The molecule has 2 saturated carbocycles. The van der Waals surface area contributed by atoms with Crippen LogP contribution in [0.25, 0.3) is 0 Å². The average molecular weight is 906 g/mol. The number of hydrogen-bond acceptors (Lipinski definition) is 14. The van der Waals surface area contributed by atoms with Gasteiger partial charge >= 0.3 is 154 Å². The summed E-state index contributed by atoms with van der Waals surface area (Å²) >= 11 is 13.3. The maximum atomic E-state index is 11.8. The molecule has 0 amide bonds. The number of hydrogen-bond donors (Lipinski definition) is 0. The first-order valence-electron chi connectivity index (χ1n) is 16.3. The minimum Gasteiger partial charge on any atom is -0.748 e. The van der Waals surface area contributed by atoms with E-state index >= 15 is 0 Å². The van der Waals surface area contributed by atoms with Gasteiger partial charge in [-0.05, 0) is 76.8 Å². The molecule has 3 rings (SSSR count). The van der Waals surface area contributed by atoms with Crippen LogP contribution in [0.3, 0.4) is 0 Å². The first-order chi connectivity index (χ1) is 22.5. The van der Waals surface area contributed by atoms with Crippen LogP contribution in [0, 0.1) is 17.2 Å². The minimum atomic E-state index is -4.63. The Labute approximate surface area is 446 Å². The summed E-state index contributed by atoms with van der Waals surface area (Å²) < 4.78 is 103. The number of aromatic nitrogens is 2. The molecule has 15 nitrogen and oxygen atoms in total. The summed E-state index contributed by atoms with van der Waals surface area (Å²) in [5.41, 5.74) is 0.0529. The normalized spacial score (nSPS) is 25.9. The largest absolute Gasteiger partial charge is 1.00 e. The van der Waals surface area contributed by atoms with Gasteiger partial charge in [0.2, 0.25) is 0 Å². The Bertz CT molecular complexity index is 1660. The summed E-state index contributed by atoms with van der Waals surface area (Å²) in [5, 5.41) is 21.1. The van der Waals surface area contributed by atoms with Crippen LogP contribution >= 0.6 is 23.2 Å². The summed E-state index contributed by atoms with van der Waals surface area (Å²) in [5.74, 6) is -0.775. The number of rotatable bonds is 15. The van der Waals surface area contributed by atoms with Crippen molar-refractivity contribution in [1.82, 2.24) is 14.7 Å². The first kappa shape index (κ1) is 55.5. The molecule has 2 aliphatic rings. The predicted molar refractivity (Wildman–Crippen MR) is 181 cm³/mol. The zero-order chi connectivity index (χ0) is 36.9. The summed E-state index contributed by atoms with van der Waals surface area (Å²) in [6, 6.07) is 1.23. The fourth-order valence-electron chi connectivity index (χ4n) is 6.65. The summed E-state index contributed by atoms with van der Waals surface area (Å²) in [6.45, 7) is 8.66. The molecule has 0 aliphatic heterocycles. The summed E-state index contributed by atoms with van der Waals surface area (Å²) in [7, 11) is -13.3. The molecule has 280 valence electrons. The number of nitrogens with zero attached hydrogens (tertiary/aromatic N) is 6. The molecule has 5 unspecified atom stereocenters. The van der Waals surface area contributed by atoms with E-state index in [9.17, 15) is 44.2 Å². The molecule has 52 heavy (non-hydrogen) atoms. The van der Waals surface area contributed by atoms with Crippen LogP contribution in [0.15, 0.2) is 10.2 Å². The van der Waals surface area contributed by atoms with Crippen LogP contribution in [0.4, 0.5) is 5.82 Å². The van der Waals surface area contributed by atoms with Gasteiger partial charge < -0.3 is 18.6 Å². The van der Waals surface area contributed by atoms with Crippen molar-refractivity contribution in [1.29, 1.82) is 5.26 Å². The predicted octanol–water partition coefficient (Wildman–Crippen LogP) is -4.88. The van der Waals surface area contributed by atoms with Crippen LogP contribution in [0.2, 0.25) is 0 Å². The monoisotopic (exact) mass is 904 g/mol. The van der Waals surface area contributed by atoms with Crippen molar-refractivity contribution in [2.75, 3.05) is 24.6 Å². The van der Waals surface area contributed by atoms with Crippen LogP contribution < -0.4 is 154 Å². The van der Waals surface area contributed by atoms with Crippen molar-refractivity contribution in [3.63, 3.8) is 0 Å². The second-order valence-corrected chi connectivity index (χ2v) is 20.0. The van der Waals surface area contributed by atoms with Gasteiger partial charge in [-0.1, -0.05) is 27.7 Å². The van der Waals surface area contributed by atoms with Crippen LogP contribution in [0.5, 0.6) is 0 Å². The number of azo groups is 1. The van der Waals surface area contributed by atoms with Gasteiger partial charge in [0, 0.05) is 23.0 Å². The number of alkyl halides is 2. The third-order valence-corrected chi connectivity index (χ3v) is 12.9. The maximum Gasteiger partial charge on any atom is 1.00 e. The van der Waals surface area contributed by atoms with Crippen LogP contribution in [0.1, 0.15) is 103 Å². The second-order valence-electron chi connectivity index (χ2n) is 14.2. The van der Waals surface area contributed by atoms with Crippen molar-refractivity contribution in [3.05, 3.63) is 11.3 Å². The van der Waals surface area contributed by atoms with E-state index in [4.69, 9.17) is 28.3 Å². The van der Waals surface area contributed by atoms with E-state index in [0.29, 0.717) is 50.9 Å². The van der Waals surface area contributed by atoms with E-state index in [1.54, 1.807) is 0 Å². The molecule has 1 aromatic rings. The van der Waals surface area contributed by atoms with Gasteiger partial charge in [-0.15, -0.1) is 28.3 Å². The molecule has 1 aromatic heterocycles. The number of halogens is 2. The molecule has 0 radical (unpaired) electrons. The van der Waals surface area contributed by atoms with E-state index in [0.717, 1.165) is 0 Å². The molecule has 0 bridgehead atoms. The first-order valence-corrected chi connectivity index (χ1v) is 21.8. The van der Waals surface area contributed by atoms with Crippen molar-refractivity contribution >= 4 is 59.4 Å². The number of nitriles is 1. The molecule has 0 N–H and O–H groups in total. The number of unbranched alkanes of at least 4 members (excludes halogenated alkanes) is 2. The Morgan fingerprint density at radius 1 is 0.885 bits per heavy atom. The summed E-state index contributed by atoms with van der Waals surface area (Å²) in [6.07, 6.45) is 3.01. The minimum absolute atomic E-state index is 0. The van der Waals surface area contributed by atoms with Gasteiger partial charge in [-0.3, -0.25) is 0 Å². The third-order valence-electron chi connectivity index (χ3n) is 9.21. The van der Waals surface area contributed by atoms with Crippen molar-refractivity contribution in [3.8, 4) is 6.07 Å². The zero-order valence-electron chi connectivity index (χ0n) is 31.1. The Morgan fingerprint density at radius 3 is 1.79 bits per heavy atom. The van der Waals surface area contributed by atoms with E-state index in [1.807, 2.05) is 27.7 Å². The third kappa shape index (κ3) is 17.6. The molecule has 0 aromatic carbocycles. The van der Waals surface area contributed by atoms with Gasteiger partial charge in [0.05, 0.1) is 64.1 Å². The van der Waals surface area contributed by atoms with E-state index in [2.05, 4.69) is 21.2 Å². The Hall–Kier alpha value is 3.48. The van der Waals surface area contributed by atoms with Gasteiger partial charge in [0.25, 0.3) is 0 Å².